The Morgan fingerprint density at radius 2 is 2.37 bits per heavy atom. The minimum Gasteiger partial charge on any atom is -0.396 e. The molecule has 1 aromatic rings. The van der Waals surface area contributed by atoms with E-state index in [-0.39, 0.29) is 12.5 Å². The van der Waals surface area contributed by atoms with Gasteiger partial charge in [0.05, 0.1) is 0 Å². The van der Waals surface area contributed by atoms with Gasteiger partial charge in [-0.2, -0.15) is 17.4 Å². The summed E-state index contributed by atoms with van der Waals surface area (Å²) in [6.45, 7) is 1.28. The average molecular weight is 369 g/mol. The molecule has 1 atom stereocenters. The molecule has 2 heterocycles. The van der Waals surface area contributed by atoms with Gasteiger partial charge in [0, 0.05) is 41.0 Å². The van der Waals surface area contributed by atoms with Crippen molar-refractivity contribution in [1.29, 1.82) is 0 Å². The molecule has 0 aromatic carbocycles. The molecule has 0 bridgehead atoms. The summed E-state index contributed by atoms with van der Waals surface area (Å²) in [7, 11) is -3.45. The molecule has 2 rings (SSSR count). The molecule has 19 heavy (non-hydrogen) atoms. The molecule has 0 spiro atoms. The van der Waals surface area contributed by atoms with Crippen molar-refractivity contribution in [2.24, 2.45) is 5.92 Å². The molecule has 0 aliphatic carbocycles. The van der Waals surface area contributed by atoms with E-state index in [0.717, 1.165) is 22.2 Å². The Kier molecular flexibility index (Phi) is 5.38. The lowest BCUT2D eigenvalue weighted by atomic mass is 10.0. The fourth-order valence-electron chi connectivity index (χ4n) is 2.09. The molecule has 1 unspecified atom stereocenters. The minimum atomic E-state index is -3.45. The number of aliphatic hydroxyl groups is 1. The zero-order chi connectivity index (χ0) is 13.9. The summed E-state index contributed by atoms with van der Waals surface area (Å²) in [6.07, 6.45) is 1.69. The first-order chi connectivity index (χ1) is 9.01. The van der Waals surface area contributed by atoms with Gasteiger partial charge >= 0.3 is 0 Å². The standard InChI is InChI=1S/C11H17BrN2O3S2/c12-10-4-11(18-8-10)5-13-19(16,17)14-3-1-2-9(6-14)7-15/h4,8-9,13,15H,1-3,5-7H2. The van der Waals surface area contributed by atoms with Crippen LogP contribution in [0.1, 0.15) is 17.7 Å². The van der Waals surface area contributed by atoms with Crippen LogP contribution in [0.2, 0.25) is 0 Å². The van der Waals surface area contributed by atoms with Gasteiger partial charge in [0.25, 0.3) is 10.2 Å². The van der Waals surface area contributed by atoms with Gasteiger partial charge < -0.3 is 5.11 Å². The second-order valence-corrected chi connectivity index (χ2v) is 8.27. The smallest absolute Gasteiger partial charge is 0.279 e. The second-order valence-electron chi connectivity index (χ2n) is 4.61. The molecule has 1 saturated heterocycles. The molecule has 2 N–H and O–H groups in total. The van der Waals surface area contributed by atoms with Crippen LogP contribution in [0.3, 0.4) is 0 Å². The zero-order valence-electron chi connectivity index (χ0n) is 10.4. The maximum absolute atomic E-state index is 12.2. The number of piperidine rings is 1. The number of halogens is 1. The minimum absolute atomic E-state index is 0.0455. The molecule has 1 aliphatic rings. The average Bonchev–Trinajstić information content (AvgIpc) is 2.82. The van der Waals surface area contributed by atoms with E-state index >= 15 is 0 Å². The molecule has 1 aromatic heterocycles. The van der Waals surface area contributed by atoms with Crippen LogP contribution in [0.4, 0.5) is 0 Å². The Morgan fingerprint density at radius 3 is 3.00 bits per heavy atom. The van der Waals surface area contributed by atoms with E-state index in [0.29, 0.717) is 19.6 Å². The Hall–Kier alpha value is 0.01000. The summed E-state index contributed by atoms with van der Waals surface area (Å²) in [6, 6.07) is 1.90. The van der Waals surface area contributed by atoms with E-state index in [1.54, 1.807) is 0 Å². The van der Waals surface area contributed by atoms with Crippen LogP contribution >= 0.6 is 27.3 Å². The summed E-state index contributed by atoms with van der Waals surface area (Å²) >= 11 is 4.85. The van der Waals surface area contributed by atoms with E-state index < -0.39 is 10.2 Å². The number of nitrogens with zero attached hydrogens (tertiary/aromatic N) is 1. The van der Waals surface area contributed by atoms with Gasteiger partial charge in [-0.25, -0.2) is 0 Å². The molecule has 8 heteroatoms. The summed E-state index contributed by atoms with van der Waals surface area (Å²) in [5.74, 6) is 0.0567. The Balaban J connectivity index is 1.94. The van der Waals surface area contributed by atoms with Gasteiger partial charge in [-0.3, -0.25) is 0 Å². The molecule has 0 radical (unpaired) electrons. The molecule has 1 aliphatic heterocycles. The molecular weight excluding hydrogens is 352 g/mol. The normalized spacial score (nSPS) is 21.7. The summed E-state index contributed by atoms with van der Waals surface area (Å²) in [4.78, 5) is 0.964. The first-order valence-corrected chi connectivity index (χ1v) is 9.21. The molecule has 0 amide bonds. The molecular formula is C11H17BrN2O3S2. The first kappa shape index (κ1) is 15.4. The van der Waals surface area contributed by atoms with Crippen LogP contribution in [-0.4, -0.2) is 37.5 Å². The van der Waals surface area contributed by atoms with Crippen LogP contribution in [0.25, 0.3) is 0 Å². The Labute approximate surface area is 125 Å². The van der Waals surface area contributed by atoms with Crippen molar-refractivity contribution in [3.05, 3.63) is 20.8 Å². The summed E-state index contributed by atoms with van der Waals surface area (Å²) in [5, 5.41) is 11.1. The van der Waals surface area contributed by atoms with Gasteiger partial charge in [0.15, 0.2) is 0 Å². The SMILES string of the molecule is O=S(=O)(NCc1cc(Br)cs1)N1CCCC(CO)C1. The highest BCUT2D eigenvalue weighted by atomic mass is 79.9. The van der Waals surface area contributed by atoms with Crippen molar-refractivity contribution < 1.29 is 13.5 Å². The van der Waals surface area contributed by atoms with Gasteiger partial charge in [-0.05, 0) is 40.8 Å². The molecule has 0 saturated carbocycles. The highest BCUT2D eigenvalue weighted by Crippen LogP contribution is 2.21. The van der Waals surface area contributed by atoms with Crippen molar-refractivity contribution in [1.82, 2.24) is 9.03 Å². The van der Waals surface area contributed by atoms with Crippen molar-refractivity contribution in [3.63, 3.8) is 0 Å². The third-order valence-electron chi connectivity index (χ3n) is 3.13. The van der Waals surface area contributed by atoms with Gasteiger partial charge in [0.2, 0.25) is 0 Å². The van der Waals surface area contributed by atoms with E-state index in [1.807, 2.05) is 11.4 Å². The van der Waals surface area contributed by atoms with Crippen LogP contribution in [0, 0.1) is 5.92 Å². The van der Waals surface area contributed by atoms with Crippen molar-refractivity contribution in [2.45, 2.75) is 19.4 Å². The third kappa shape index (κ3) is 4.24. The number of hydrogen-bond acceptors (Lipinski definition) is 4. The fourth-order valence-corrected chi connectivity index (χ4v) is 4.87. The topological polar surface area (TPSA) is 69.6 Å². The van der Waals surface area contributed by atoms with Crippen LogP contribution < -0.4 is 4.72 Å². The number of rotatable bonds is 5. The largest absolute Gasteiger partial charge is 0.396 e. The van der Waals surface area contributed by atoms with Gasteiger partial charge in [-0.1, -0.05) is 0 Å². The predicted molar refractivity (Wildman–Crippen MR) is 79.2 cm³/mol. The van der Waals surface area contributed by atoms with E-state index in [4.69, 9.17) is 5.11 Å². The lowest BCUT2D eigenvalue weighted by Crippen LogP contribution is -2.46. The van der Waals surface area contributed by atoms with E-state index in [2.05, 4.69) is 20.7 Å². The highest BCUT2D eigenvalue weighted by molar-refractivity contribution is 9.10. The molecule has 108 valence electrons. The summed E-state index contributed by atoms with van der Waals surface area (Å²) in [5.41, 5.74) is 0. The number of nitrogens with one attached hydrogen (secondary N) is 1. The summed E-state index contributed by atoms with van der Waals surface area (Å²) < 4.78 is 29.3. The van der Waals surface area contributed by atoms with Crippen molar-refractivity contribution in [3.8, 4) is 0 Å². The highest BCUT2D eigenvalue weighted by Gasteiger charge is 2.28. The Morgan fingerprint density at radius 1 is 1.58 bits per heavy atom. The lowest BCUT2D eigenvalue weighted by Gasteiger charge is -2.30. The number of aliphatic hydroxyl groups excluding tert-OH is 1. The second kappa shape index (κ2) is 6.64. The fraction of sp³-hybridized carbons (Fsp3) is 0.636. The van der Waals surface area contributed by atoms with Gasteiger partial charge in [-0.15, -0.1) is 11.3 Å². The third-order valence-corrected chi connectivity index (χ3v) is 6.35. The van der Waals surface area contributed by atoms with Crippen LogP contribution in [0.5, 0.6) is 0 Å². The van der Waals surface area contributed by atoms with Crippen LogP contribution in [0.15, 0.2) is 15.9 Å². The van der Waals surface area contributed by atoms with Crippen molar-refractivity contribution in [2.75, 3.05) is 19.7 Å². The quantitative estimate of drug-likeness (QED) is 0.828. The van der Waals surface area contributed by atoms with E-state index in [1.165, 1.54) is 15.6 Å². The number of hydrogen-bond donors (Lipinski definition) is 2. The Bertz CT molecular complexity index is 518. The molecule has 1 fully saturated rings. The maximum Gasteiger partial charge on any atom is 0.279 e. The first-order valence-electron chi connectivity index (χ1n) is 6.10. The predicted octanol–water partition coefficient (Wildman–Crippen LogP) is 1.55. The maximum atomic E-state index is 12.2. The monoisotopic (exact) mass is 368 g/mol. The molecule has 5 nitrogen and oxygen atoms in total. The zero-order valence-corrected chi connectivity index (χ0v) is 13.6. The lowest BCUT2D eigenvalue weighted by molar-refractivity contribution is 0.164. The number of thiophene rings is 1. The van der Waals surface area contributed by atoms with Gasteiger partial charge in [0.1, 0.15) is 0 Å². The van der Waals surface area contributed by atoms with Crippen LogP contribution in [-0.2, 0) is 16.8 Å². The van der Waals surface area contributed by atoms with Crippen molar-refractivity contribution >= 4 is 37.5 Å². The van der Waals surface area contributed by atoms with E-state index in [9.17, 15) is 8.42 Å².